The number of benzene rings is 1. The molecule has 0 radical (unpaired) electrons. The smallest absolute Gasteiger partial charge is 0.260 e. The number of halogens is 2. The molecule has 1 aliphatic rings. The van der Waals surface area contributed by atoms with Gasteiger partial charge >= 0.3 is 0 Å². The molecule has 1 heterocycles. The van der Waals surface area contributed by atoms with Crippen molar-refractivity contribution in [1.82, 2.24) is 5.32 Å². The first-order chi connectivity index (χ1) is 9.08. The van der Waals surface area contributed by atoms with E-state index in [9.17, 15) is 8.78 Å². The van der Waals surface area contributed by atoms with Crippen molar-refractivity contribution in [2.45, 2.75) is 32.2 Å². The van der Waals surface area contributed by atoms with Gasteiger partial charge in [0.2, 0.25) is 0 Å². The lowest BCUT2D eigenvalue weighted by atomic mass is 9.91. The van der Waals surface area contributed by atoms with E-state index in [4.69, 9.17) is 9.47 Å². The van der Waals surface area contributed by atoms with Crippen LogP contribution in [0.25, 0.3) is 0 Å². The van der Waals surface area contributed by atoms with Gasteiger partial charge in [-0.2, -0.15) is 0 Å². The summed E-state index contributed by atoms with van der Waals surface area (Å²) < 4.78 is 37.6. The second kappa shape index (κ2) is 5.74. The molecule has 0 saturated carbocycles. The molecule has 19 heavy (non-hydrogen) atoms. The van der Waals surface area contributed by atoms with Gasteiger partial charge in [-0.1, -0.05) is 13.0 Å². The van der Waals surface area contributed by atoms with Crippen molar-refractivity contribution in [1.29, 1.82) is 0 Å². The van der Waals surface area contributed by atoms with Crippen LogP contribution in [0.1, 0.15) is 25.8 Å². The fraction of sp³-hybridized carbons (Fsp3) is 0.571. The zero-order valence-electron chi connectivity index (χ0n) is 11.2. The highest BCUT2D eigenvalue weighted by Crippen LogP contribution is 2.36. The lowest BCUT2D eigenvalue weighted by Crippen LogP contribution is -2.46. The van der Waals surface area contributed by atoms with E-state index in [2.05, 4.69) is 5.32 Å². The third-order valence-corrected chi connectivity index (χ3v) is 3.32. The van der Waals surface area contributed by atoms with Gasteiger partial charge in [0.05, 0.1) is 0 Å². The number of nitrogens with one attached hydrogen (secondary N) is 1. The summed E-state index contributed by atoms with van der Waals surface area (Å²) in [4.78, 5) is 0. The molecule has 0 saturated heterocycles. The molecule has 0 fully saturated rings. The van der Waals surface area contributed by atoms with Gasteiger partial charge in [-0.15, -0.1) is 0 Å². The number of fused-ring (bicyclic) bond motifs is 1. The van der Waals surface area contributed by atoms with Crippen molar-refractivity contribution in [3.8, 4) is 11.5 Å². The maximum absolute atomic E-state index is 13.4. The molecule has 0 aliphatic carbocycles. The van der Waals surface area contributed by atoms with E-state index in [-0.39, 0.29) is 0 Å². The predicted octanol–water partition coefficient (Wildman–Crippen LogP) is 2.94. The van der Waals surface area contributed by atoms with E-state index in [1.54, 1.807) is 18.2 Å². The van der Waals surface area contributed by atoms with Crippen LogP contribution in [0.15, 0.2) is 18.2 Å². The molecule has 1 atom stereocenters. The summed E-state index contributed by atoms with van der Waals surface area (Å²) in [7, 11) is 0. The summed E-state index contributed by atoms with van der Waals surface area (Å²) in [5, 5.41) is 2.92. The number of alkyl halides is 2. The first kappa shape index (κ1) is 14.1. The van der Waals surface area contributed by atoms with Crippen molar-refractivity contribution in [2.24, 2.45) is 0 Å². The first-order valence-electron chi connectivity index (χ1n) is 6.51. The van der Waals surface area contributed by atoms with Gasteiger partial charge in [0, 0.05) is 0 Å². The Bertz CT molecular complexity index is 439. The highest BCUT2D eigenvalue weighted by Gasteiger charge is 2.37. The van der Waals surface area contributed by atoms with Gasteiger partial charge in [0.1, 0.15) is 18.8 Å². The van der Waals surface area contributed by atoms with Crippen molar-refractivity contribution < 1.29 is 18.3 Å². The van der Waals surface area contributed by atoms with E-state index >= 15 is 0 Å². The first-order valence-corrected chi connectivity index (χ1v) is 6.51. The van der Waals surface area contributed by atoms with Crippen LogP contribution in [-0.2, 0) is 5.54 Å². The molecule has 0 spiro atoms. The minimum absolute atomic E-state index is 0.449. The van der Waals surface area contributed by atoms with Gasteiger partial charge in [-0.05, 0) is 37.6 Å². The van der Waals surface area contributed by atoms with Gasteiger partial charge < -0.3 is 14.8 Å². The van der Waals surface area contributed by atoms with Crippen molar-refractivity contribution in [3.05, 3.63) is 23.8 Å². The number of ether oxygens (including phenoxy) is 2. The van der Waals surface area contributed by atoms with Gasteiger partial charge in [-0.25, -0.2) is 8.78 Å². The molecule has 3 nitrogen and oxygen atoms in total. The number of hydrogen-bond donors (Lipinski definition) is 1. The molecule has 0 bridgehead atoms. The molecule has 1 aromatic rings. The fourth-order valence-corrected chi connectivity index (χ4v) is 2.06. The second-order valence-corrected chi connectivity index (χ2v) is 4.79. The Balaban J connectivity index is 2.31. The van der Waals surface area contributed by atoms with Crippen LogP contribution >= 0.6 is 0 Å². The normalized spacial score (nSPS) is 17.3. The molecule has 0 amide bonds. The van der Waals surface area contributed by atoms with Gasteiger partial charge in [0.25, 0.3) is 6.43 Å². The van der Waals surface area contributed by atoms with E-state index in [1.807, 2.05) is 6.92 Å². The Morgan fingerprint density at radius 1 is 1.26 bits per heavy atom. The van der Waals surface area contributed by atoms with E-state index < -0.39 is 12.0 Å². The molecule has 0 aromatic heterocycles. The SMILES string of the molecule is CCCNC(C)(c1ccc2c(c1)OCCO2)C(F)F. The highest BCUT2D eigenvalue weighted by molar-refractivity contribution is 5.46. The van der Waals surface area contributed by atoms with Crippen LogP contribution in [0.2, 0.25) is 0 Å². The Morgan fingerprint density at radius 3 is 2.58 bits per heavy atom. The van der Waals surface area contributed by atoms with Crippen molar-refractivity contribution in [3.63, 3.8) is 0 Å². The van der Waals surface area contributed by atoms with Crippen LogP contribution in [0.3, 0.4) is 0 Å². The van der Waals surface area contributed by atoms with E-state index in [0.29, 0.717) is 36.8 Å². The molecule has 5 heteroatoms. The molecule has 1 aromatic carbocycles. The number of rotatable bonds is 5. The number of hydrogen-bond acceptors (Lipinski definition) is 3. The molecule has 1 aliphatic heterocycles. The van der Waals surface area contributed by atoms with Crippen LogP contribution in [-0.4, -0.2) is 26.2 Å². The summed E-state index contributed by atoms with van der Waals surface area (Å²) in [5.74, 6) is 1.15. The minimum atomic E-state index is -2.50. The third-order valence-electron chi connectivity index (χ3n) is 3.32. The zero-order chi connectivity index (χ0) is 13.9. The highest BCUT2D eigenvalue weighted by atomic mass is 19.3. The van der Waals surface area contributed by atoms with Crippen LogP contribution in [0, 0.1) is 0 Å². The molecular formula is C14H19F2NO2. The summed E-state index contributed by atoms with van der Waals surface area (Å²) in [5.41, 5.74) is -0.855. The lowest BCUT2D eigenvalue weighted by molar-refractivity contribution is 0.0382. The second-order valence-electron chi connectivity index (χ2n) is 4.79. The van der Waals surface area contributed by atoms with Crippen molar-refractivity contribution in [2.75, 3.05) is 19.8 Å². The van der Waals surface area contributed by atoms with E-state index in [1.165, 1.54) is 6.92 Å². The average molecular weight is 271 g/mol. The maximum atomic E-state index is 13.4. The van der Waals surface area contributed by atoms with Crippen molar-refractivity contribution >= 4 is 0 Å². The summed E-state index contributed by atoms with van der Waals surface area (Å²) >= 11 is 0. The summed E-state index contributed by atoms with van der Waals surface area (Å²) in [6.45, 7) is 4.94. The predicted molar refractivity (Wildman–Crippen MR) is 69.1 cm³/mol. The molecular weight excluding hydrogens is 252 g/mol. The average Bonchev–Trinajstić information content (AvgIpc) is 2.44. The molecule has 106 valence electrons. The van der Waals surface area contributed by atoms with Crippen LogP contribution < -0.4 is 14.8 Å². The largest absolute Gasteiger partial charge is 0.486 e. The standard InChI is InChI=1S/C14H19F2NO2/c1-3-6-17-14(2,13(15)16)10-4-5-11-12(9-10)19-8-7-18-11/h4-5,9,13,17H,3,6-8H2,1-2H3. The lowest BCUT2D eigenvalue weighted by Gasteiger charge is -2.31. The molecule has 1 N–H and O–H groups in total. The third kappa shape index (κ3) is 2.81. The Morgan fingerprint density at radius 2 is 1.95 bits per heavy atom. The Kier molecular flexibility index (Phi) is 4.24. The van der Waals surface area contributed by atoms with Gasteiger partial charge in [0.15, 0.2) is 11.5 Å². The molecule has 2 rings (SSSR count). The summed E-state index contributed by atoms with van der Waals surface area (Å²) in [6.07, 6.45) is -1.70. The molecule has 1 unspecified atom stereocenters. The Hall–Kier alpha value is -1.36. The van der Waals surface area contributed by atoms with Gasteiger partial charge in [-0.3, -0.25) is 0 Å². The maximum Gasteiger partial charge on any atom is 0.260 e. The van der Waals surface area contributed by atoms with Crippen LogP contribution in [0.5, 0.6) is 11.5 Å². The Labute approximate surface area is 111 Å². The minimum Gasteiger partial charge on any atom is -0.486 e. The zero-order valence-corrected chi connectivity index (χ0v) is 11.2. The topological polar surface area (TPSA) is 30.5 Å². The quantitative estimate of drug-likeness (QED) is 0.893. The monoisotopic (exact) mass is 271 g/mol. The van der Waals surface area contributed by atoms with Crippen LogP contribution in [0.4, 0.5) is 8.78 Å². The van der Waals surface area contributed by atoms with E-state index in [0.717, 1.165) is 6.42 Å². The fourth-order valence-electron chi connectivity index (χ4n) is 2.06. The summed E-state index contributed by atoms with van der Waals surface area (Å²) in [6, 6.07) is 5.00.